The van der Waals surface area contributed by atoms with Crippen molar-refractivity contribution in [2.45, 2.75) is 13.8 Å². The van der Waals surface area contributed by atoms with Crippen LogP contribution >= 0.6 is 11.3 Å². The molecule has 3 N–H and O–H groups in total. The minimum absolute atomic E-state index is 0.248. The van der Waals surface area contributed by atoms with Crippen LogP contribution < -0.4 is 16.0 Å². The van der Waals surface area contributed by atoms with Gasteiger partial charge in [0.05, 0.1) is 5.69 Å². The van der Waals surface area contributed by atoms with E-state index in [1.807, 2.05) is 18.7 Å². The van der Waals surface area contributed by atoms with Crippen LogP contribution in [0.5, 0.6) is 0 Å². The summed E-state index contributed by atoms with van der Waals surface area (Å²) in [5.74, 6) is -0.248. The lowest BCUT2D eigenvalue weighted by atomic mass is 10.2. The molecule has 0 spiro atoms. The van der Waals surface area contributed by atoms with Crippen molar-refractivity contribution in [1.29, 1.82) is 5.26 Å². The van der Waals surface area contributed by atoms with E-state index in [1.165, 1.54) is 11.3 Å². The van der Waals surface area contributed by atoms with Crippen LogP contribution in [0.3, 0.4) is 0 Å². The number of carbonyl (C=O) groups is 1. The Balaban J connectivity index is 3.33. The molecule has 5 nitrogen and oxygen atoms in total. The van der Waals surface area contributed by atoms with Crippen LogP contribution in [0.1, 0.15) is 29.1 Å². The van der Waals surface area contributed by atoms with Crippen LogP contribution in [0.2, 0.25) is 0 Å². The molecule has 0 fully saturated rings. The van der Waals surface area contributed by atoms with Gasteiger partial charge in [0.2, 0.25) is 0 Å². The first-order valence-electron chi connectivity index (χ1n) is 5.39. The Hall–Kier alpha value is -1.74. The van der Waals surface area contributed by atoms with Gasteiger partial charge in [-0.2, -0.15) is 5.26 Å². The molecular formula is C11H16N4OS. The van der Waals surface area contributed by atoms with E-state index in [0.29, 0.717) is 10.4 Å². The number of nitrogens with two attached hydrogens (primary N) is 1. The highest BCUT2D eigenvalue weighted by molar-refractivity contribution is 7.19. The van der Waals surface area contributed by atoms with E-state index >= 15 is 0 Å². The zero-order valence-corrected chi connectivity index (χ0v) is 11.0. The van der Waals surface area contributed by atoms with Crippen LogP contribution in [-0.4, -0.2) is 26.0 Å². The summed E-state index contributed by atoms with van der Waals surface area (Å²) in [5.41, 5.74) is 6.52. The summed E-state index contributed by atoms with van der Waals surface area (Å²) >= 11 is 1.27. The molecule has 0 saturated heterocycles. The van der Waals surface area contributed by atoms with Crippen molar-refractivity contribution in [1.82, 2.24) is 5.32 Å². The van der Waals surface area contributed by atoms with E-state index in [4.69, 9.17) is 11.0 Å². The van der Waals surface area contributed by atoms with Gasteiger partial charge in [-0.25, -0.2) is 0 Å². The number of amides is 1. The average Bonchev–Trinajstić information content (AvgIpc) is 2.67. The number of nitrogen functional groups attached to an aromatic ring is 1. The molecule has 0 aliphatic carbocycles. The monoisotopic (exact) mass is 252 g/mol. The van der Waals surface area contributed by atoms with Crippen molar-refractivity contribution < 1.29 is 4.79 Å². The number of hydrogen-bond donors (Lipinski definition) is 2. The van der Waals surface area contributed by atoms with Crippen molar-refractivity contribution >= 4 is 27.9 Å². The lowest BCUT2D eigenvalue weighted by molar-refractivity contribution is 0.0968. The van der Waals surface area contributed by atoms with Crippen molar-refractivity contribution in [2.24, 2.45) is 0 Å². The molecular weight excluding hydrogens is 236 g/mol. The third-order valence-electron chi connectivity index (χ3n) is 2.52. The Morgan fingerprint density at radius 3 is 2.53 bits per heavy atom. The first-order chi connectivity index (χ1) is 8.10. The maximum Gasteiger partial charge on any atom is 0.263 e. The Morgan fingerprint density at radius 2 is 2.12 bits per heavy atom. The van der Waals surface area contributed by atoms with Gasteiger partial charge in [0.1, 0.15) is 21.5 Å². The molecule has 1 aromatic rings. The number of carbonyl (C=O) groups excluding carboxylic acids is 1. The summed E-state index contributed by atoms with van der Waals surface area (Å²) < 4.78 is 0. The number of nitriles is 1. The van der Waals surface area contributed by atoms with Gasteiger partial charge in [-0.05, 0) is 13.8 Å². The lowest BCUT2D eigenvalue weighted by Gasteiger charge is -2.18. The first kappa shape index (κ1) is 13.3. The number of hydrogen-bond acceptors (Lipinski definition) is 5. The molecule has 0 unspecified atom stereocenters. The summed E-state index contributed by atoms with van der Waals surface area (Å²) in [6.45, 7) is 5.55. The smallest absolute Gasteiger partial charge is 0.263 e. The maximum absolute atomic E-state index is 11.6. The lowest BCUT2D eigenvalue weighted by Crippen LogP contribution is -2.21. The molecule has 0 radical (unpaired) electrons. The van der Waals surface area contributed by atoms with E-state index in [-0.39, 0.29) is 11.6 Å². The van der Waals surface area contributed by atoms with Crippen LogP contribution in [0.15, 0.2) is 0 Å². The van der Waals surface area contributed by atoms with Gasteiger partial charge < -0.3 is 16.0 Å². The molecule has 92 valence electrons. The second-order valence-corrected chi connectivity index (χ2v) is 4.39. The zero-order valence-electron chi connectivity index (χ0n) is 10.2. The highest BCUT2D eigenvalue weighted by Gasteiger charge is 2.22. The molecule has 1 heterocycles. The summed E-state index contributed by atoms with van der Waals surface area (Å²) in [4.78, 5) is 14.0. The van der Waals surface area contributed by atoms with Gasteiger partial charge in [-0.1, -0.05) is 0 Å². The summed E-state index contributed by atoms with van der Waals surface area (Å²) in [5, 5.41) is 12.4. The predicted octanol–water partition coefficient (Wildman–Crippen LogP) is 1.41. The van der Waals surface area contributed by atoms with Crippen molar-refractivity contribution in [3.8, 4) is 6.07 Å². The Bertz CT molecular complexity index is 457. The molecule has 1 aromatic heterocycles. The highest BCUT2D eigenvalue weighted by Crippen LogP contribution is 2.37. The van der Waals surface area contributed by atoms with Gasteiger partial charge in [0, 0.05) is 20.1 Å². The van der Waals surface area contributed by atoms with Crippen molar-refractivity contribution in [2.75, 3.05) is 30.8 Å². The Kier molecular flexibility index (Phi) is 4.35. The highest BCUT2D eigenvalue weighted by atomic mass is 32.1. The Morgan fingerprint density at radius 1 is 1.53 bits per heavy atom. The topological polar surface area (TPSA) is 82.2 Å². The zero-order chi connectivity index (χ0) is 13.0. The molecule has 0 aromatic carbocycles. The van der Waals surface area contributed by atoms with Crippen LogP contribution in [0.4, 0.5) is 10.7 Å². The number of thiophene rings is 1. The summed E-state index contributed by atoms with van der Waals surface area (Å²) in [6, 6.07) is 2.08. The normalized spacial score (nSPS) is 9.76. The quantitative estimate of drug-likeness (QED) is 0.848. The van der Waals surface area contributed by atoms with Crippen LogP contribution in [-0.2, 0) is 0 Å². The molecule has 1 rings (SSSR count). The third kappa shape index (κ3) is 2.34. The first-order valence-corrected chi connectivity index (χ1v) is 6.21. The number of nitrogens with one attached hydrogen (secondary N) is 1. The van der Waals surface area contributed by atoms with Gasteiger partial charge in [0.25, 0.3) is 5.91 Å². The SMILES string of the molecule is CCN(CC)c1sc(C(=O)NC)c(N)c1C#N. The largest absolute Gasteiger partial charge is 0.396 e. The van der Waals surface area contributed by atoms with E-state index in [2.05, 4.69) is 11.4 Å². The van der Waals surface area contributed by atoms with E-state index in [9.17, 15) is 4.79 Å². The minimum Gasteiger partial charge on any atom is -0.396 e. The standard InChI is InChI=1S/C11H16N4OS/c1-4-15(5-2)11-7(6-12)8(13)9(17-11)10(16)14-3/h4-5,13H2,1-3H3,(H,14,16). The van der Waals surface area contributed by atoms with Crippen molar-refractivity contribution in [3.63, 3.8) is 0 Å². The fraction of sp³-hybridized carbons (Fsp3) is 0.455. The molecule has 0 bridgehead atoms. The fourth-order valence-corrected chi connectivity index (χ4v) is 2.80. The maximum atomic E-state index is 11.6. The van der Waals surface area contributed by atoms with Gasteiger partial charge in [-0.15, -0.1) is 11.3 Å². The number of anilines is 2. The van der Waals surface area contributed by atoms with Crippen molar-refractivity contribution in [3.05, 3.63) is 10.4 Å². The Labute approximate surface area is 105 Å². The van der Waals surface area contributed by atoms with Gasteiger partial charge >= 0.3 is 0 Å². The molecule has 0 atom stereocenters. The molecule has 1 amide bonds. The minimum atomic E-state index is -0.248. The molecule has 0 saturated carbocycles. The molecule has 0 aliphatic heterocycles. The number of nitrogens with zero attached hydrogens (tertiary/aromatic N) is 2. The number of rotatable bonds is 4. The van der Waals surface area contributed by atoms with Crippen LogP contribution in [0.25, 0.3) is 0 Å². The van der Waals surface area contributed by atoms with E-state index in [1.54, 1.807) is 7.05 Å². The second-order valence-electron chi connectivity index (χ2n) is 3.39. The van der Waals surface area contributed by atoms with Crippen LogP contribution in [0, 0.1) is 11.3 Å². The molecule has 0 aliphatic rings. The molecule has 17 heavy (non-hydrogen) atoms. The van der Waals surface area contributed by atoms with Gasteiger partial charge in [-0.3, -0.25) is 4.79 Å². The second kappa shape index (κ2) is 5.55. The average molecular weight is 252 g/mol. The van der Waals surface area contributed by atoms with Gasteiger partial charge in [0.15, 0.2) is 0 Å². The summed E-state index contributed by atoms with van der Waals surface area (Å²) in [7, 11) is 1.55. The van der Waals surface area contributed by atoms with E-state index in [0.717, 1.165) is 18.1 Å². The van der Waals surface area contributed by atoms with E-state index < -0.39 is 0 Å². The third-order valence-corrected chi connectivity index (χ3v) is 3.79. The fourth-order valence-electron chi connectivity index (χ4n) is 1.56. The summed E-state index contributed by atoms with van der Waals surface area (Å²) in [6.07, 6.45) is 0. The molecule has 6 heteroatoms. The predicted molar refractivity (Wildman–Crippen MR) is 70.4 cm³/mol.